The van der Waals surface area contributed by atoms with Gasteiger partial charge in [0.1, 0.15) is 0 Å². The Morgan fingerprint density at radius 2 is 1.83 bits per heavy atom. The summed E-state index contributed by atoms with van der Waals surface area (Å²) in [4.78, 5) is 0. The van der Waals surface area contributed by atoms with Crippen LogP contribution in [0.1, 0.15) is 11.1 Å². The second-order valence-corrected chi connectivity index (χ2v) is 4.91. The van der Waals surface area contributed by atoms with E-state index in [1.54, 1.807) is 0 Å². The van der Waals surface area contributed by atoms with Crippen LogP contribution in [0.2, 0.25) is 0 Å². The number of nitrogens with zero attached hydrogens (tertiary/aromatic N) is 1. The van der Waals surface area contributed by atoms with Crippen molar-refractivity contribution < 1.29 is 18.5 Å². The molecule has 0 fully saturated rings. The van der Waals surface area contributed by atoms with Crippen molar-refractivity contribution in [2.75, 3.05) is 10.7 Å². The van der Waals surface area contributed by atoms with Crippen LogP contribution in [0.5, 0.6) is 0 Å². The molecule has 0 amide bonds. The van der Waals surface area contributed by atoms with E-state index < -0.39 is 0 Å². The van der Waals surface area contributed by atoms with Crippen molar-refractivity contribution in [3.63, 3.8) is 0 Å². The van der Waals surface area contributed by atoms with Crippen molar-refractivity contribution in [1.82, 2.24) is 0 Å². The van der Waals surface area contributed by atoms with Crippen molar-refractivity contribution in [3.8, 4) is 0 Å². The predicted molar refractivity (Wildman–Crippen MR) is 51.6 cm³/mol. The van der Waals surface area contributed by atoms with E-state index >= 15 is 0 Å². The Bertz CT molecular complexity index is 261. The van der Waals surface area contributed by atoms with E-state index in [0.717, 1.165) is 0 Å². The first kappa shape index (κ1) is 11.9. The quantitative estimate of drug-likeness (QED) is 0.677. The number of rotatable bonds is 1. The molecule has 3 heteroatoms. The summed E-state index contributed by atoms with van der Waals surface area (Å²) < 4.78 is 2.27. The molecule has 0 aromatic heterocycles. The fraction of sp³-hybridized carbons (Fsp3) is 0.333. The van der Waals surface area contributed by atoms with Gasteiger partial charge in [-0.3, -0.25) is 0 Å². The van der Waals surface area contributed by atoms with Crippen molar-refractivity contribution >= 4 is 18.1 Å². The van der Waals surface area contributed by atoms with Crippen LogP contribution in [0.25, 0.3) is 0 Å². The van der Waals surface area contributed by atoms with Gasteiger partial charge >= 0.3 is 78.1 Å². The van der Waals surface area contributed by atoms with Crippen molar-refractivity contribution in [2.24, 2.45) is 0 Å². The number of aryl methyl sites for hydroxylation is 1. The van der Waals surface area contributed by atoms with Gasteiger partial charge in [0.15, 0.2) is 0 Å². The van der Waals surface area contributed by atoms with Crippen LogP contribution in [-0.2, 0) is 18.5 Å². The maximum atomic E-state index is 2.27. The molecule has 1 aromatic carbocycles. The first-order valence-electron chi connectivity index (χ1n) is 3.73. The normalized spacial score (nSPS) is 9.08. The van der Waals surface area contributed by atoms with E-state index in [1.165, 1.54) is 35.4 Å². The van der Waals surface area contributed by atoms with E-state index in [1.807, 2.05) is 0 Å². The number of anilines is 1. The van der Waals surface area contributed by atoms with Crippen molar-refractivity contribution in [3.05, 3.63) is 29.3 Å². The molecule has 0 aliphatic carbocycles. The van der Waals surface area contributed by atoms with E-state index in [2.05, 4.69) is 42.7 Å². The first-order valence-corrected chi connectivity index (χ1v) is 5.06. The monoisotopic (exact) mass is 234 g/mol. The largest absolute Gasteiger partial charge is 0.147 e. The molecule has 0 bridgehead atoms. The van der Waals surface area contributed by atoms with Crippen molar-refractivity contribution in [2.45, 2.75) is 13.8 Å². The van der Waals surface area contributed by atoms with Gasteiger partial charge in [-0.15, -0.1) is 12.4 Å². The standard InChI is InChI=1S/C9H12N.ClH.Zn/c1-7-5-4-6-9(10-3)8(7)2;;/h4-6H,1-3H3;1H;/q-1;;+1. The van der Waals surface area contributed by atoms with E-state index in [4.69, 9.17) is 0 Å². The third-order valence-electron chi connectivity index (χ3n) is 1.99. The first-order chi connectivity index (χ1) is 5.13. The minimum atomic E-state index is 0. The number of hydrogen-bond acceptors (Lipinski definition) is 1. The molecule has 0 atom stereocenters. The summed E-state index contributed by atoms with van der Waals surface area (Å²) in [5.41, 5.74) is 4.15. The van der Waals surface area contributed by atoms with Crippen LogP contribution in [0.3, 0.4) is 0 Å². The summed E-state index contributed by atoms with van der Waals surface area (Å²) in [6.45, 7) is 4.33. The third kappa shape index (κ3) is 2.46. The number of halogens is 1. The molecule has 1 nitrogen and oxygen atoms in total. The third-order valence-corrected chi connectivity index (χ3v) is 2.70. The average molecular weight is 236 g/mol. The maximum Gasteiger partial charge on any atom is -0.147 e. The fourth-order valence-electron chi connectivity index (χ4n) is 1.15. The molecule has 0 saturated heterocycles. The zero-order valence-corrected chi connectivity index (χ0v) is 11.6. The van der Waals surface area contributed by atoms with Crippen LogP contribution in [0.4, 0.5) is 5.69 Å². The SMILES string of the molecule is Cc1cccc([N](C)[Zn])c1C.Cl. The molecule has 0 saturated carbocycles. The zero-order valence-electron chi connectivity index (χ0n) is 7.79. The molecule has 0 aliphatic rings. The summed E-state index contributed by atoms with van der Waals surface area (Å²) in [5, 5.41) is 0. The van der Waals surface area contributed by atoms with Gasteiger partial charge in [0.25, 0.3) is 0 Å². The van der Waals surface area contributed by atoms with Crippen LogP contribution >= 0.6 is 12.4 Å². The van der Waals surface area contributed by atoms with Gasteiger partial charge in [0.05, 0.1) is 0 Å². The molecule has 0 unspecified atom stereocenters. The van der Waals surface area contributed by atoms with Gasteiger partial charge in [-0.1, -0.05) is 0 Å². The minimum absolute atomic E-state index is 0. The Morgan fingerprint density at radius 3 is 2.25 bits per heavy atom. The Morgan fingerprint density at radius 1 is 1.25 bits per heavy atom. The summed E-state index contributed by atoms with van der Waals surface area (Å²) in [6.07, 6.45) is 0. The maximum absolute atomic E-state index is 2.27. The van der Waals surface area contributed by atoms with Gasteiger partial charge < -0.3 is 0 Å². The van der Waals surface area contributed by atoms with Crippen LogP contribution < -0.4 is 3.64 Å². The average Bonchev–Trinajstić information content (AvgIpc) is 1.94. The molecule has 1 rings (SSSR count). The predicted octanol–water partition coefficient (Wildman–Crippen LogP) is 2.62. The molecule has 0 radical (unpaired) electrons. The molecule has 63 valence electrons. The Hall–Kier alpha value is -0.0666. The molecule has 0 spiro atoms. The Labute approximate surface area is 90.5 Å². The molecule has 0 N–H and O–H groups in total. The number of benzene rings is 1. The Balaban J connectivity index is 0.00000121. The summed E-state index contributed by atoms with van der Waals surface area (Å²) in [5.74, 6) is 0. The fourth-order valence-corrected chi connectivity index (χ4v) is 1.87. The smallest absolute Gasteiger partial charge is 0.147 e. The topological polar surface area (TPSA) is 3.24 Å². The second-order valence-electron chi connectivity index (χ2n) is 2.92. The zero-order chi connectivity index (χ0) is 8.43. The van der Waals surface area contributed by atoms with Gasteiger partial charge in [-0.2, -0.15) is 0 Å². The Kier molecular flexibility index (Phi) is 4.81. The minimum Gasteiger partial charge on any atom is -0.147 e. The van der Waals surface area contributed by atoms with Crippen LogP contribution in [0.15, 0.2) is 18.2 Å². The van der Waals surface area contributed by atoms with Crippen LogP contribution in [-0.4, -0.2) is 7.05 Å². The summed E-state index contributed by atoms with van der Waals surface area (Å²) >= 11 is 1.18. The molecule has 12 heavy (non-hydrogen) atoms. The molecular formula is C9H13ClNZn. The van der Waals surface area contributed by atoms with Gasteiger partial charge in [-0.05, 0) is 0 Å². The molecule has 0 heterocycles. The molecule has 0 aliphatic heterocycles. The second kappa shape index (κ2) is 4.84. The van der Waals surface area contributed by atoms with Crippen molar-refractivity contribution in [1.29, 1.82) is 0 Å². The van der Waals surface area contributed by atoms with Gasteiger partial charge in [0.2, 0.25) is 0 Å². The summed E-state index contributed by atoms with van der Waals surface area (Å²) in [6, 6.07) is 6.44. The van der Waals surface area contributed by atoms with Gasteiger partial charge in [-0.25, -0.2) is 0 Å². The number of hydrogen-bond donors (Lipinski definition) is 0. The van der Waals surface area contributed by atoms with E-state index in [9.17, 15) is 0 Å². The molecule has 1 aromatic rings. The summed E-state index contributed by atoms with van der Waals surface area (Å²) in [7, 11) is 2.13. The molecular weight excluding hydrogens is 223 g/mol. The van der Waals surface area contributed by atoms with E-state index in [0.29, 0.717) is 0 Å². The van der Waals surface area contributed by atoms with Gasteiger partial charge in [0, 0.05) is 0 Å². The van der Waals surface area contributed by atoms with E-state index in [-0.39, 0.29) is 12.4 Å². The van der Waals surface area contributed by atoms with Crippen LogP contribution in [0, 0.1) is 13.8 Å².